The Kier molecular flexibility index (Phi) is 16.0. The van der Waals surface area contributed by atoms with Crippen molar-refractivity contribution in [3.05, 3.63) is 40.5 Å². The molecule has 4 N–H and O–H groups in total. The SMILES string of the molecule is C=C(C)c1c(C(C)(C)CCC(C)(O)C(F)(F)F)c(C(C)(C)OCC(O)(C(F)(F)F)C(F)(F)F)cc(C(C)(C)OCC(O)(C(F)(F)F)C(F)(F)F)c1C(C)(C)OCC(C)(O)C(F)(F)F. The standard InChI is InChI=1S/C38H50F18O7/c1-19(2)22-23(25(3,4)13-14-29(11,57)33(39,40)41)20(26(5,6)62-17-31(59,35(45,46)47)36(48,49)50)15-21(24(22)28(9,10)61-16-30(12,58)34(42,43)44)27(7,8)63-18-32(60,37(51,52)53)38(54,55)56/h15,57-60H,1,13-14,16-18H2,2-12H3. The molecule has 0 aliphatic rings. The molecule has 0 amide bonds. The Morgan fingerprint density at radius 1 is 0.444 bits per heavy atom. The summed E-state index contributed by atoms with van der Waals surface area (Å²) in [5.41, 5.74) is -31.9. The predicted molar refractivity (Wildman–Crippen MR) is 188 cm³/mol. The molecule has 25 heteroatoms. The number of ether oxygens (including phenoxy) is 3. The Morgan fingerprint density at radius 2 is 0.746 bits per heavy atom. The lowest BCUT2D eigenvalue weighted by atomic mass is 9.66. The maximum Gasteiger partial charge on any atom is 0.428 e. The van der Waals surface area contributed by atoms with Gasteiger partial charge in [0.25, 0.3) is 11.2 Å². The van der Waals surface area contributed by atoms with Gasteiger partial charge in [-0.05, 0) is 114 Å². The van der Waals surface area contributed by atoms with Crippen LogP contribution in [0.2, 0.25) is 0 Å². The first-order valence-corrected chi connectivity index (χ1v) is 18.2. The van der Waals surface area contributed by atoms with E-state index in [0.29, 0.717) is 13.0 Å². The third-order valence-corrected chi connectivity index (χ3v) is 10.7. The van der Waals surface area contributed by atoms with Crippen LogP contribution in [0.15, 0.2) is 12.6 Å². The highest BCUT2D eigenvalue weighted by Gasteiger charge is 2.72. The zero-order chi connectivity index (χ0) is 50.8. The smallest absolute Gasteiger partial charge is 0.381 e. The van der Waals surface area contributed by atoms with Crippen LogP contribution in [-0.4, -0.2) is 99.7 Å². The van der Waals surface area contributed by atoms with Crippen LogP contribution in [0, 0.1) is 0 Å². The van der Waals surface area contributed by atoms with Crippen molar-refractivity contribution in [1.29, 1.82) is 0 Å². The van der Waals surface area contributed by atoms with Gasteiger partial charge in [-0.15, -0.1) is 0 Å². The molecule has 0 aliphatic carbocycles. The minimum Gasteiger partial charge on any atom is -0.381 e. The molecule has 0 saturated carbocycles. The molecule has 0 aromatic heterocycles. The molecule has 0 heterocycles. The molecular formula is C38H50F18O7. The van der Waals surface area contributed by atoms with Gasteiger partial charge < -0.3 is 34.6 Å². The summed E-state index contributed by atoms with van der Waals surface area (Å²) in [4.78, 5) is 0. The van der Waals surface area contributed by atoms with E-state index in [9.17, 15) is 99.5 Å². The molecule has 0 fully saturated rings. The van der Waals surface area contributed by atoms with Crippen molar-refractivity contribution in [2.75, 3.05) is 19.8 Å². The highest BCUT2D eigenvalue weighted by molar-refractivity contribution is 5.74. The Hall–Kier alpha value is -2.58. The molecule has 0 spiro atoms. The Morgan fingerprint density at radius 3 is 1.03 bits per heavy atom. The van der Waals surface area contributed by atoms with Gasteiger partial charge in [-0.2, -0.15) is 79.0 Å². The normalized spacial score (nSPS) is 17.2. The molecule has 0 radical (unpaired) electrons. The number of alkyl halides is 18. The molecule has 0 saturated heterocycles. The predicted octanol–water partition coefficient (Wildman–Crippen LogP) is 10.9. The lowest BCUT2D eigenvalue weighted by Gasteiger charge is -2.45. The van der Waals surface area contributed by atoms with Crippen LogP contribution in [-0.2, 0) is 36.4 Å². The average molecular weight is 961 g/mol. The summed E-state index contributed by atoms with van der Waals surface area (Å²) in [6.45, 7) is 5.35. The second-order valence-corrected chi connectivity index (χ2v) is 17.9. The molecule has 7 nitrogen and oxygen atoms in total. The van der Waals surface area contributed by atoms with Crippen molar-refractivity contribution >= 4 is 5.57 Å². The van der Waals surface area contributed by atoms with Gasteiger partial charge in [0.2, 0.25) is 0 Å². The number of allylic oxidation sites excluding steroid dienone is 1. The molecular weight excluding hydrogens is 910 g/mol. The first-order valence-electron chi connectivity index (χ1n) is 18.2. The van der Waals surface area contributed by atoms with E-state index >= 15 is 0 Å². The fourth-order valence-electron chi connectivity index (χ4n) is 6.06. The molecule has 0 aliphatic heterocycles. The number of hydrogen-bond donors (Lipinski definition) is 4. The van der Waals surface area contributed by atoms with E-state index in [4.69, 9.17) is 14.2 Å². The fourth-order valence-corrected chi connectivity index (χ4v) is 6.06. The van der Waals surface area contributed by atoms with E-state index in [-0.39, 0.29) is 12.5 Å². The van der Waals surface area contributed by atoms with E-state index in [1.54, 1.807) is 0 Å². The number of aliphatic hydroxyl groups is 4. The van der Waals surface area contributed by atoms with Crippen molar-refractivity contribution in [3.8, 4) is 0 Å². The van der Waals surface area contributed by atoms with E-state index < -0.39 is 142 Å². The third-order valence-electron chi connectivity index (χ3n) is 10.7. The lowest BCUT2D eigenvalue weighted by molar-refractivity contribution is -0.383. The van der Waals surface area contributed by atoms with Crippen molar-refractivity contribution in [1.82, 2.24) is 0 Å². The van der Waals surface area contributed by atoms with Crippen LogP contribution in [0.3, 0.4) is 0 Å². The van der Waals surface area contributed by atoms with Gasteiger partial charge in [-0.25, -0.2) is 0 Å². The summed E-state index contributed by atoms with van der Waals surface area (Å²) in [5, 5.41) is 40.5. The van der Waals surface area contributed by atoms with E-state index in [0.717, 1.165) is 62.3 Å². The van der Waals surface area contributed by atoms with Crippen molar-refractivity contribution in [3.63, 3.8) is 0 Å². The van der Waals surface area contributed by atoms with Crippen molar-refractivity contribution in [2.24, 2.45) is 0 Å². The summed E-state index contributed by atoms with van der Waals surface area (Å²) in [6.07, 6.45) is -38.9. The van der Waals surface area contributed by atoms with Gasteiger partial charge in [-0.3, -0.25) is 0 Å². The largest absolute Gasteiger partial charge is 0.428 e. The van der Waals surface area contributed by atoms with Crippen LogP contribution in [0.4, 0.5) is 79.0 Å². The average Bonchev–Trinajstić information content (AvgIpc) is 3.03. The van der Waals surface area contributed by atoms with Crippen molar-refractivity contribution < 1.29 is 114 Å². The highest BCUT2D eigenvalue weighted by atomic mass is 19.4. The topological polar surface area (TPSA) is 109 Å². The Bertz CT molecular complexity index is 1630. The van der Waals surface area contributed by atoms with Crippen LogP contribution >= 0.6 is 0 Å². The minimum atomic E-state index is -6.52. The van der Waals surface area contributed by atoms with E-state index in [1.807, 2.05) is 0 Å². The summed E-state index contributed by atoms with van der Waals surface area (Å²) in [5.74, 6) is 0. The maximum absolute atomic E-state index is 13.9. The molecule has 370 valence electrons. The fraction of sp³-hybridized carbons (Fsp3) is 0.789. The van der Waals surface area contributed by atoms with Crippen molar-refractivity contribution in [2.45, 2.75) is 171 Å². The molecule has 2 atom stereocenters. The summed E-state index contributed by atoms with van der Waals surface area (Å²) >= 11 is 0. The van der Waals surface area contributed by atoms with Gasteiger partial charge in [0, 0.05) is 0 Å². The highest BCUT2D eigenvalue weighted by Crippen LogP contribution is 2.53. The zero-order valence-electron chi connectivity index (χ0n) is 35.6. The number of halogens is 18. The van der Waals surface area contributed by atoms with Crippen LogP contribution in [0.25, 0.3) is 5.57 Å². The first kappa shape index (κ1) is 58.4. The lowest BCUT2D eigenvalue weighted by Crippen LogP contribution is -2.60. The number of benzene rings is 1. The Labute approximate surface area is 350 Å². The monoisotopic (exact) mass is 960 g/mol. The quantitative estimate of drug-likeness (QED) is 0.115. The second-order valence-electron chi connectivity index (χ2n) is 17.9. The number of hydrogen-bond acceptors (Lipinski definition) is 7. The van der Waals surface area contributed by atoms with Crippen LogP contribution < -0.4 is 0 Å². The first-order chi connectivity index (χ1) is 27.1. The molecule has 1 rings (SSSR count). The molecule has 2 unspecified atom stereocenters. The summed E-state index contributed by atoms with van der Waals surface area (Å²) in [7, 11) is 0. The Balaban J connectivity index is 4.83. The maximum atomic E-state index is 13.9. The molecule has 63 heavy (non-hydrogen) atoms. The van der Waals surface area contributed by atoms with Gasteiger partial charge in [0.1, 0.15) is 0 Å². The third kappa shape index (κ3) is 12.1. The molecule has 1 aromatic carbocycles. The van der Waals surface area contributed by atoms with E-state index in [2.05, 4.69) is 6.58 Å². The molecule has 1 aromatic rings. The number of rotatable bonds is 17. The van der Waals surface area contributed by atoms with Gasteiger partial charge in [0.05, 0.1) is 36.6 Å². The van der Waals surface area contributed by atoms with Gasteiger partial charge in [-0.1, -0.05) is 26.0 Å². The van der Waals surface area contributed by atoms with Gasteiger partial charge >= 0.3 is 37.1 Å². The van der Waals surface area contributed by atoms with Crippen LogP contribution in [0.5, 0.6) is 0 Å². The van der Waals surface area contributed by atoms with Crippen LogP contribution in [0.1, 0.15) is 117 Å². The second kappa shape index (κ2) is 17.3. The van der Waals surface area contributed by atoms with E-state index in [1.165, 1.54) is 0 Å². The minimum absolute atomic E-state index is 0.235. The summed E-state index contributed by atoms with van der Waals surface area (Å²) in [6, 6.07) is 0.647. The summed E-state index contributed by atoms with van der Waals surface area (Å²) < 4.78 is 265. The zero-order valence-corrected chi connectivity index (χ0v) is 35.6. The molecule has 0 bridgehead atoms. The van der Waals surface area contributed by atoms with Gasteiger partial charge in [0.15, 0.2) is 11.2 Å².